The largest absolute Gasteiger partial charge is 0.452 e. The number of hydrogen-bond donors (Lipinski definition) is 1. The number of ether oxygens (including phenoxy) is 1. The highest BCUT2D eigenvalue weighted by Gasteiger charge is 2.16. The number of nitrogens with zero attached hydrogens (tertiary/aromatic N) is 1. The summed E-state index contributed by atoms with van der Waals surface area (Å²) in [6.45, 7) is 6.66. The molecule has 2 aromatic carbocycles. The highest BCUT2D eigenvalue weighted by atomic mass is 16.5. The number of aryl methyl sites for hydroxylation is 1. The first-order chi connectivity index (χ1) is 13.9. The Balaban J connectivity index is 1.90. The molecule has 0 saturated heterocycles. The minimum absolute atomic E-state index is 0.116. The molecule has 0 heterocycles. The maximum absolute atomic E-state index is 12.6. The Labute approximate surface area is 171 Å². The molecule has 0 aliphatic rings. The summed E-state index contributed by atoms with van der Waals surface area (Å²) in [5, 5.41) is 2.69. The fourth-order valence-electron chi connectivity index (χ4n) is 2.76. The van der Waals surface area contributed by atoms with Crippen molar-refractivity contribution in [2.45, 2.75) is 40.3 Å². The van der Waals surface area contributed by atoms with Gasteiger partial charge >= 0.3 is 5.97 Å². The van der Waals surface area contributed by atoms with E-state index in [9.17, 15) is 14.4 Å². The quantitative estimate of drug-likeness (QED) is 0.661. The third-order valence-electron chi connectivity index (χ3n) is 4.40. The maximum Gasteiger partial charge on any atom is 0.338 e. The van der Waals surface area contributed by atoms with Gasteiger partial charge in [0, 0.05) is 26.6 Å². The van der Waals surface area contributed by atoms with Gasteiger partial charge in [0.25, 0.3) is 5.91 Å². The van der Waals surface area contributed by atoms with Crippen LogP contribution in [0.3, 0.4) is 0 Å². The third kappa shape index (κ3) is 7.41. The Morgan fingerprint density at radius 2 is 1.59 bits per heavy atom. The predicted molar refractivity (Wildman–Crippen MR) is 111 cm³/mol. The van der Waals surface area contributed by atoms with Crippen LogP contribution in [0.25, 0.3) is 0 Å². The Morgan fingerprint density at radius 3 is 2.17 bits per heavy atom. The smallest absolute Gasteiger partial charge is 0.338 e. The molecule has 2 amide bonds. The molecular formula is C23H28N2O4. The second-order valence-electron chi connectivity index (χ2n) is 6.98. The van der Waals surface area contributed by atoms with Gasteiger partial charge in [-0.15, -0.1) is 0 Å². The number of carbonyl (C=O) groups is 3. The molecule has 0 aromatic heterocycles. The fourth-order valence-corrected chi connectivity index (χ4v) is 2.76. The summed E-state index contributed by atoms with van der Waals surface area (Å²) in [6, 6.07) is 14.8. The Bertz CT molecular complexity index is 829. The summed E-state index contributed by atoms with van der Waals surface area (Å²) in [4.78, 5) is 37.4. The van der Waals surface area contributed by atoms with E-state index in [1.165, 1.54) is 12.5 Å². The lowest BCUT2D eigenvalue weighted by Crippen LogP contribution is -2.34. The van der Waals surface area contributed by atoms with Crippen LogP contribution < -0.4 is 5.32 Å². The Morgan fingerprint density at radius 1 is 0.966 bits per heavy atom. The molecule has 6 heteroatoms. The van der Waals surface area contributed by atoms with Gasteiger partial charge < -0.3 is 15.0 Å². The van der Waals surface area contributed by atoms with Crippen LogP contribution in [0.5, 0.6) is 0 Å². The zero-order valence-corrected chi connectivity index (χ0v) is 17.2. The Kier molecular flexibility index (Phi) is 8.40. The van der Waals surface area contributed by atoms with Crippen molar-refractivity contribution >= 4 is 17.8 Å². The normalized spacial score (nSPS) is 10.3. The van der Waals surface area contributed by atoms with Crippen molar-refractivity contribution in [2.24, 2.45) is 0 Å². The number of rotatable bonds is 9. The number of hydrogen-bond acceptors (Lipinski definition) is 4. The molecule has 6 nitrogen and oxygen atoms in total. The maximum atomic E-state index is 12.6. The van der Waals surface area contributed by atoms with E-state index in [4.69, 9.17) is 4.74 Å². The molecule has 0 fully saturated rings. The minimum atomic E-state index is -0.545. The molecule has 1 N–H and O–H groups in total. The molecule has 0 saturated carbocycles. The van der Waals surface area contributed by atoms with Crippen LogP contribution in [0.1, 0.15) is 47.3 Å². The molecule has 0 spiro atoms. The summed E-state index contributed by atoms with van der Waals surface area (Å²) in [5.41, 5.74) is 3.45. The molecule has 0 bridgehead atoms. The van der Waals surface area contributed by atoms with Gasteiger partial charge in [0.15, 0.2) is 6.61 Å². The van der Waals surface area contributed by atoms with Gasteiger partial charge in [-0.3, -0.25) is 9.59 Å². The SMILES string of the molecule is CCCN(Cc1ccc(C)cc1)C(=O)COC(=O)c1ccc(CNC(C)=O)cc1. The average Bonchev–Trinajstić information content (AvgIpc) is 2.71. The summed E-state index contributed by atoms with van der Waals surface area (Å²) in [6.07, 6.45) is 0.821. The van der Waals surface area contributed by atoms with Crippen molar-refractivity contribution < 1.29 is 19.1 Å². The van der Waals surface area contributed by atoms with Gasteiger partial charge in [-0.2, -0.15) is 0 Å². The summed E-state index contributed by atoms with van der Waals surface area (Å²) in [5.74, 6) is -0.881. The molecule has 0 aliphatic carbocycles. The summed E-state index contributed by atoms with van der Waals surface area (Å²) in [7, 11) is 0. The molecular weight excluding hydrogens is 368 g/mol. The zero-order chi connectivity index (χ0) is 21.2. The lowest BCUT2D eigenvalue weighted by atomic mass is 10.1. The molecule has 0 atom stereocenters. The van der Waals surface area contributed by atoms with E-state index < -0.39 is 5.97 Å². The lowest BCUT2D eigenvalue weighted by Gasteiger charge is -2.22. The van der Waals surface area contributed by atoms with E-state index in [1.807, 2.05) is 38.1 Å². The zero-order valence-electron chi connectivity index (χ0n) is 17.2. The summed E-state index contributed by atoms with van der Waals surface area (Å²) < 4.78 is 5.21. The van der Waals surface area contributed by atoms with Gasteiger partial charge in [-0.25, -0.2) is 4.79 Å². The lowest BCUT2D eigenvalue weighted by molar-refractivity contribution is -0.135. The minimum Gasteiger partial charge on any atom is -0.452 e. The highest BCUT2D eigenvalue weighted by Crippen LogP contribution is 2.10. The number of esters is 1. The first-order valence-corrected chi connectivity index (χ1v) is 9.73. The van der Waals surface area contributed by atoms with Gasteiger partial charge in [0.2, 0.25) is 5.91 Å². The molecule has 2 rings (SSSR count). The highest BCUT2D eigenvalue weighted by molar-refractivity contribution is 5.91. The monoisotopic (exact) mass is 396 g/mol. The predicted octanol–water partition coefficient (Wildman–Crippen LogP) is 3.23. The molecule has 0 radical (unpaired) electrons. The van der Waals surface area contributed by atoms with Crippen molar-refractivity contribution in [2.75, 3.05) is 13.2 Å². The first kappa shape index (κ1) is 22.1. The van der Waals surface area contributed by atoms with Gasteiger partial charge in [-0.05, 0) is 36.6 Å². The molecule has 0 unspecified atom stereocenters. The second-order valence-corrected chi connectivity index (χ2v) is 6.98. The first-order valence-electron chi connectivity index (χ1n) is 9.73. The molecule has 154 valence electrons. The van der Waals surface area contributed by atoms with E-state index in [0.29, 0.717) is 25.2 Å². The topological polar surface area (TPSA) is 75.7 Å². The molecule has 0 aliphatic heterocycles. The van der Waals surface area contributed by atoms with E-state index in [1.54, 1.807) is 29.2 Å². The van der Waals surface area contributed by atoms with E-state index in [0.717, 1.165) is 17.5 Å². The van der Waals surface area contributed by atoms with Crippen LogP contribution in [-0.2, 0) is 27.4 Å². The number of benzene rings is 2. The average molecular weight is 396 g/mol. The van der Waals surface area contributed by atoms with E-state index >= 15 is 0 Å². The van der Waals surface area contributed by atoms with Crippen molar-refractivity contribution in [3.63, 3.8) is 0 Å². The number of carbonyl (C=O) groups excluding carboxylic acids is 3. The van der Waals surface area contributed by atoms with Crippen LogP contribution in [0.2, 0.25) is 0 Å². The van der Waals surface area contributed by atoms with Crippen LogP contribution in [-0.4, -0.2) is 35.8 Å². The third-order valence-corrected chi connectivity index (χ3v) is 4.40. The van der Waals surface area contributed by atoms with Gasteiger partial charge in [0.05, 0.1) is 5.56 Å². The van der Waals surface area contributed by atoms with Crippen LogP contribution in [0, 0.1) is 6.92 Å². The van der Waals surface area contributed by atoms with Crippen molar-refractivity contribution in [1.82, 2.24) is 10.2 Å². The van der Waals surface area contributed by atoms with Gasteiger partial charge in [-0.1, -0.05) is 48.9 Å². The second kappa shape index (κ2) is 11.0. The summed E-state index contributed by atoms with van der Waals surface area (Å²) >= 11 is 0. The van der Waals surface area contributed by atoms with Gasteiger partial charge in [0.1, 0.15) is 0 Å². The van der Waals surface area contributed by atoms with Crippen LogP contribution in [0.4, 0.5) is 0 Å². The van der Waals surface area contributed by atoms with Crippen molar-refractivity contribution in [1.29, 1.82) is 0 Å². The molecule has 29 heavy (non-hydrogen) atoms. The van der Waals surface area contributed by atoms with Crippen LogP contribution >= 0.6 is 0 Å². The standard InChI is InChI=1S/C23H28N2O4/c1-4-13-25(15-20-7-5-17(2)6-8-20)22(27)16-29-23(28)21-11-9-19(10-12-21)14-24-18(3)26/h5-12H,4,13-16H2,1-3H3,(H,24,26). The van der Waals surface area contributed by atoms with Crippen molar-refractivity contribution in [3.8, 4) is 0 Å². The van der Waals surface area contributed by atoms with E-state index in [-0.39, 0.29) is 18.4 Å². The number of nitrogens with one attached hydrogen (secondary N) is 1. The number of amides is 2. The van der Waals surface area contributed by atoms with E-state index in [2.05, 4.69) is 5.32 Å². The fraction of sp³-hybridized carbons (Fsp3) is 0.348. The molecule has 2 aromatic rings. The van der Waals surface area contributed by atoms with Crippen LogP contribution in [0.15, 0.2) is 48.5 Å². The Hall–Kier alpha value is -3.15. The van der Waals surface area contributed by atoms with Crippen molar-refractivity contribution in [3.05, 3.63) is 70.8 Å².